The number of rotatable bonds is 6. The molecule has 0 bridgehead atoms. The van der Waals surface area contributed by atoms with Gasteiger partial charge in [0, 0.05) is 0 Å². The predicted molar refractivity (Wildman–Crippen MR) is 73.6 cm³/mol. The first-order valence-corrected chi connectivity index (χ1v) is 7.37. The van der Waals surface area contributed by atoms with Gasteiger partial charge in [-0.25, -0.2) is 0 Å². The van der Waals surface area contributed by atoms with E-state index in [2.05, 4.69) is 34.7 Å². The van der Waals surface area contributed by atoms with Crippen molar-refractivity contribution in [2.75, 3.05) is 11.2 Å². The topological polar surface area (TPSA) is 18.5 Å². The highest BCUT2D eigenvalue weighted by Gasteiger charge is 2.12. The quantitative estimate of drug-likeness (QED) is 0.446. The molecule has 1 aromatic rings. The summed E-state index contributed by atoms with van der Waals surface area (Å²) in [6.45, 7) is 0.369. The van der Waals surface area contributed by atoms with Gasteiger partial charge in [-0.2, -0.15) is 0 Å². The lowest BCUT2D eigenvalue weighted by molar-refractivity contribution is 0.174. The first kappa shape index (κ1) is 12.0. The molecule has 0 fully saturated rings. The average Bonchev–Trinajstić information content (AvgIpc) is 2.76. The molecular weight excluding hydrogens is 315 g/mol. The summed E-state index contributed by atoms with van der Waals surface area (Å²) in [6.07, 6.45) is 6.46. The van der Waals surface area contributed by atoms with E-state index in [0.717, 1.165) is 17.9 Å². The fraction of sp³-hybridized carbons (Fsp3) is 0.538. The van der Waals surface area contributed by atoms with Crippen LogP contribution in [0.15, 0.2) is 18.2 Å². The van der Waals surface area contributed by atoms with E-state index in [1.807, 2.05) is 6.07 Å². The number of alkyl halides is 1. The van der Waals surface area contributed by atoms with Crippen molar-refractivity contribution in [1.82, 2.24) is 0 Å². The van der Waals surface area contributed by atoms with Crippen molar-refractivity contribution in [1.29, 1.82) is 0 Å². The summed E-state index contributed by atoms with van der Waals surface area (Å²) in [5, 5.41) is 0. The second kappa shape index (κ2) is 6.33. The summed E-state index contributed by atoms with van der Waals surface area (Å²) in [5.41, 5.74) is 1.36. The Morgan fingerprint density at radius 2 is 1.81 bits per heavy atom. The minimum Gasteiger partial charge on any atom is -0.454 e. The molecule has 88 valence electrons. The van der Waals surface area contributed by atoms with Crippen molar-refractivity contribution < 1.29 is 9.47 Å². The predicted octanol–water partition coefficient (Wildman–Crippen LogP) is 3.95. The number of fused-ring (bicyclic) bond motifs is 1. The van der Waals surface area contributed by atoms with Gasteiger partial charge in [-0.1, -0.05) is 41.5 Å². The molecule has 0 saturated heterocycles. The lowest BCUT2D eigenvalue weighted by Gasteiger charge is -2.03. The molecule has 1 aliphatic heterocycles. The molecule has 2 nitrogen and oxygen atoms in total. The van der Waals surface area contributed by atoms with Crippen LogP contribution in [0.2, 0.25) is 0 Å². The van der Waals surface area contributed by atoms with Crippen molar-refractivity contribution in [3.05, 3.63) is 23.8 Å². The normalized spacial score (nSPS) is 13.1. The zero-order chi connectivity index (χ0) is 11.2. The van der Waals surface area contributed by atoms with E-state index in [1.54, 1.807) is 0 Å². The highest BCUT2D eigenvalue weighted by Crippen LogP contribution is 2.32. The highest BCUT2D eigenvalue weighted by atomic mass is 127. The van der Waals surface area contributed by atoms with Crippen LogP contribution in [0.25, 0.3) is 0 Å². The lowest BCUT2D eigenvalue weighted by Crippen LogP contribution is -1.93. The minimum atomic E-state index is 0.369. The Hall–Kier alpha value is -0.450. The number of unbranched alkanes of at least 4 members (excludes halogenated alkanes) is 3. The molecule has 0 aromatic heterocycles. The summed E-state index contributed by atoms with van der Waals surface area (Å²) < 4.78 is 11.9. The van der Waals surface area contributed by atoms with Crippen molar-refractivity contribution in [2.24, 2.45) is 0 Å². The van der Waals surface area contributed by atoms with E-state index in [0.29, 0.717) is 6.79 Å². The Kier molecular flexibility index (Phi) is 4.75. The molecule has 1 aliphatic rings. The number of hydrogen-bond donors (Lipinski definition) is 0. The summed E-state index contributed by atoms with van der Waals surface area (Å²) in [5.74, 6) is 1.79. The molecule has 0 saturated carbocycles. The van der Waals surface area contributed by atoms with Crippen LogP contribution in [0.5, 0.6) is 11.5 Å². The molecule has 1 heterocycles. The van der Waals surface area contributed by atoms with E-state index in [9.17, 15) is 0 Å². The Labute approximate surface area is 110 Å². The van der Waals surface area contributed by atoms with E-state index in [-0.39, 0.29) is 0 Å². The second-order valence-electron chi connectivity index (χ2n) is 4.04. The molecule has 0 aliphatic carbocycles. The van der Waals surface area contributed by atoms with Crippen molar-refractivity contribution in [3.8, 4) is 11.5 Å². The van der Waals surface area contributed by atoms with Gasteiger partial charge in [0.05, 0.1) is 0 Å². The molecule has 0 spiro atoms. The van der Waals surface area contributed by atoms with Gasteiger partial charge in [0.2, 0.25) is 6.79 Å². The molecule has 16 heavy (non-hydrogen) atoms. The van der Waals surface area contributed by atoms with Crippen LogP contribution < -0.4 is 9.47 Å². The third-order valence-corrected chi connectivity index (χ3v) is 3.55. The maximum atomic E-state index is 5.36. The van der Waals surface area contributed by atoms with Gasteiger partial charge in [0.15, 0.2) is 11.5 Å². The molecule has 0 radical (unpaired) electrons. The molecule has 1 aromatic carbocycles. The van der Waals surface area contributed by atoms with Gasteiger partial charge in [-0.05, 0) is 41.4 Å². The van der Waals surface area contributed by atoms with Gasteiger partial charge in [0.25, 0.3) is 0 Å². The third kappa shape index (κ3) is 3.27. The smallest absolute Gasteiger partial charge is 0.231 e. The molecule has 3 heteroatoms. The largest absolute Gasteiger partial charge is 0.454 e. The Bertz CT molecular complexity index is 339. The fourth-order valence-electron chi connectivity index (χ4n) is 1.87. The van der Waals surface area contributed by atoms with Crippen molar-refractivity contribution in [2.45, 2.75) is 32.1 Å². The first-order chi connectivity index (χ1) is 7.90. The van der Waals surface area contributed by atoms with Crippen LogP contribution in [0.4, 0.5) is 0 Å². The van der Waals surface area contributed by atoms with E-state index in [1.165, 1.54) is 35.7 Å². The van der Waals surface area contributed by atoms with Crippen LogP contribution in [0.1, 0.15) is 31.2 Å². The fourth-order valence-corrected chi connectivity index (χ4v) is 2.41. The number of benzene rings is 1. The van der Waals surface area contributed by atoms with Gasteiger partial charge in [-0.3, -0.25) is 0 Å². The molecular formula is C13H17IO2. The monoisotopic (exact) mass is 332 g/mol. The highest BCUT2D eigenvalue weighted by molar-refractivity contribution is 14.1. The van der Waals surface area contributed by atoms with Gasteiger partial charge in [-0.15, -0.1) is 0 Å². The summed E-state index contributed by atoms with van der Waals surface area (Å²) in [4.78, 5) is 0. The van der Waals surface area contributed by atoms with Gasteiger partial charge < -0.3 is 9.47 Å². The Morgan fingerprint density at radius 3 is 2.69 bits per heavy atom. The average molecular weight is 332 g/mol. The number of hydrogen-bond acceptors (Lipinski definition) is 2. The Morgan fingerprint density at radius 1 is 1.00 bits per heavy atom. The van der Waals surface area contributed by atoms with Crippen LogP contribution in [0, 0.1) is 0 Å². The van der Waals surface area contributed by atoms with Gasteiger partial charge in [0.1, 0.15) is 0 Å². The van der Waals surface area contributed by atoms with Crippen molar-refractivity contribution in [3.63, 3.8) is 0 Å². The molecule has 0 atom stereocenters. The first-order valence-electron chi connectivity index (χ1n) is 5.84. The van der Waals surface area contributed by atoms with Crippen LogP contribution >= 0.6 is 22.6 Å². The number of halogens is 1. The SMILES string of the molecule is ICCCCCCc1ccc2c(c1)OCO2. The van der Waals surface area contributed by atoms with Crippen LogP contribution in [-0.2, 0) is 6.42 Å². The molecule has 0 N–H and O–H groups in total. The molecule has 0 amide bonds. The Balaban J connectivity index is 1.77. The zero-order valence-corrected chi connectivity index (χ0v) is 11.5. The van der Waals surface area contributed by atoms with Gasteiger partial charge >= 0.3 is 0 Å². The van der Waals surface area contributed by atoms with E-state index >= 15 is 0 Å². The maximum Gasteiger partial charge on any atom is 0.231 e. The minimum absolute atomic E-state index is 0.369. The second-order valence-corrected chi connectivity index (χ2v) is 5.12. The summed E-state index contributed by atoms with van der Waals surface area (Å²) in [6, 6.07) is 6.27. The van der Waals surface area contributed by atoms with Crippen LogP contribution in [0.3, 0.4) is 0 Å². The lowest BCUT2D eigenvalue weighted by atomic mass is 10.1. The zero-order valence-electron chi connectivity index (χ0n) is 9.38. The number of aryl methyl sites for hydroxylation is 1. The standard InChI is InChI=1S/C13H17IO2/c14-8-4-2-1-3-5-11-6-7-12-13(9-11)16-10-15-12/h6-7,9H,1-5,8,10H2. The third-order valence-electron chi connectivity index (χ3n) is 2.79. The van der Waals surface area contributed by atoms with E-state index in [4.69, 9.17) is 9.47 Å². The molecule has 2 rings (SSSR count). The van der Waals surface area contributed by atoms with Crippen LogP contribution in [-0.4, -0.2) is 11.2 Å². The van der Waals surface area contributed by atoms with E-state index < -0.39 is 0 Å². The summed E-state index contributed by atoms with van der Waals surface area (Å²) >= 11 is 2.44. The molecule has 0 unspecified atom stereocenters. The van der Waals surface area contributed by atoms with Crippen molar-refractivity contribution >= 4 is 22.6 Å². The maximum absolute atomic E-state index is 5.36. The summed E-state index contributed by atoms with van der Waals surface area (Å²) in [7, 11) is 0. The number of ether oxygens (including phenoxy) is 2.